The van der Waals surface area contributed by atoms with Gasteiger partial charge in [0.2, 0.25) is 5.13 Å². The van der Waals surface area contributed by atoms with Gasteiger partial charge in [0, 0.05) is 3.57 Å². The van der Waals surface area contributed by atoms with Gasteiger partial charge in [-0.2, -0.15) is 10.1 Å². The molecule has 3 aromatic carbocycles. The van der Waals surface area contributed by atoms with E-state index in [9.17, 15) is 13.6 Å². The summed E-state index contributed by atoms with van der Waals surface area (Å²) in [5.74, 6) is -1.10. The van der Waals surface area contributed by atoms with Crippen LogP contribution < -0.4 is 5.01 Å². The molecule has 29 heavy (non-hydrogen) atoms. The maximum absolute atomic E-state index is 13.6. The van der Waals surface area contributed by atoms with Crippen LogP contribution in [0.2, 0.25) is 0 Å². The Balaban J connectivity index is 1.78. The van der Waals surface area contributed by atoms with E-state index in [1.165, 1.54) is 35.5 Å². The lowest BCUT2D eigenvalue weighted by Crippen LogP contribution is -2.26. The lowest BCUT2D eigenvalue weighted by Gasteiger charge is -2.14. The van der Waals surface area contributed by atoms with Crippen molar-refractivity contribution in [3.63, 3.8) is 0 Å². The number of hydrogen-bond donors (Lipinski definition) is 0. The zero-order valence-corrected chi connectivity index (χ0v) is 17.7. The summed E-state index contributed by atoms with van der Waals surface area (Å²) in [4.78, 5) is 17.7. The molecule has 1 amide bonds. The number of thiazole rings is 1. The first-order chi connectivity index (χ1) is 14.0. The molecule has 0 aliphatic heterocycles. The van der Waals surface area contributed by atoms with Crippen LogP contribution in [0.25, 0.3) is 10.2 Å². The number of hydrogen-bond acceptors (Lipinski definition) is 4. The number of amides is 1. The van der Waals surface area contributed by atoms with Crippen LogP contribution in [-0.4, -0.2) is 17.1 Å². The quantitative estimate of drug-likeness (QED) is 0.193. The second-order valence-corrected chi connectivity index (χ2v) is 8.17. The van der Waals surface area contributed by atoms with E-state index in [4.69, 9.17) is 0 Å². The van der Waals surface area contributed by atoms with Crippen LogP contribution in [0.4, 0.5) is 13.9 Å². The molecule has 0 bridgehead atoms. The fourth-order valence-electron chi connectivity index (χ4n) is 2.59. The Bertz CT molecular complexity index is 1220. The van der Waals surface area contributed by atoms with Crippen LogP contribution in [-0.2, 0) is 0 Å². The summed E-state index contributed by atoms with van der Waals surface area (Å²) in [6.45, 7) is 0. The lowest BCUT2D eigenvalue weighted by molar-refractivity contribution is 0.0987. The summed E-state index contributed by atoms with van der Waals surface area (Å²) in [5.41, 5.74) is 1.66. The van der Waals surface area contributed by atoms with Gasteiger partial charge in [-0.25, -0.2) is 13.8 Å². The fraction of sp³-hybridized carbons (Fsp3) is 0. The van der Waals surface area contributed by atoms with E-state index in [1.54, 1.807) is 30.3 Å². The number of nitrogens with zero attached hydrogens (tertiary/aromatic N) is 3. The number of aromatic nitrogens is 1. The zero-order valence-electron chi connectivity index (χ0n) is 14.7. The van der Waals surface area contributed by atoms with E-state index in [1.807, 2.05) is 12.1 Å². The van der Waals surface area contributed by atoms with Gasteiger partial charge in [0.1, 0.15) is 11.6 Å². The van der Waals surface area contributed by atoms with Crippen LogP contribution in [0.15, 0.2) is 71.8 Å². The average molecular weight is 519 g/mol. The van der Waals surface area contributed by atoms with E-state index in [0.717, 1.165) is 14.9 Å². The van der Waals surface area contributed by atoms with Crippen molar-refractivity contribution in [2.24, 2.45) is 5.10 Å². The highest BCUT2D eigenvalue weighted by Crippen LogP contribution is 2.31. The number of carbonyl (C=O) groups is 1. The van der Waals surface area contributed by atoms with Crippen molar-refractivity contribution in [1.29, 1.82) is 0 Å². The van der Waals surface area contributed by atoms with Gasteiger partial charge in [-0.15, -0.1) is 0 Å². The molecule has 1 aromatic heterocycles. The molecule has 4 rings (SSSR count). The topological polar surface area (TPSA) is 45.6 Å². The Labute approximate surface area is 182 Å². The van der Waals surface area contributed by atoms with E-state index in [-0.39, 0.29) is 17.5 Å². The Morgan fingerprint density at radius 3 is 2.52 bits per heavy atom. The maximum Gasteiger partial charge on any atom is 0.281 e. The van der Waals surface area contributed by atoms with E-state index >= 15 is 0 Å². The van der Waals surface area contributed by atoms with Crippen molar-refractivity contribution in [3.8, 4) is 0 Å². The van der Waals surface area contributed by atoms with Gasteiger partial charge in [-0.3, -0.25) is 4.79 Å². The molecular formula is C21H12F2IN3OS. The molecule has 0 spiro atoms. The summed E-state index contributed by atoms with van der Waals surface area (Å²) >= 11 is 3.25. The van der Waals surface area contributed by atoms with Crippen LogP contribution in [0.5, 0.6) is 0 Å². The van der Waals surface area contributed by atoms with Crippen LogP contribution in [0.3, 0.4) is 0 Å². The molecule has 0 atom stereocenters. The second-order valence-electron chi connectivity index (χ2n) is 6.00. The Morgan fingerprint density at radius 1 is 1.03 bits per heavy atom. The maximum atomic E-state index is 13.6. The van der Waals surface area contributed by atoms with E-state index in [0.29, 0.717) is 26.5 Å². The van der Waals surface area contributed by atoms with Gasteiger partial charge >= 0.3 is 0 Å². The fourth-order valence-corrected chi connectivity index (χ4v) is 4.15. The minimum Gasteiger partial charge on any atom is -0.267 e. The standard InChI is InChI=1S/C21H12F2IN3OS/c22-14-7-5-13(6-8-14)12-25-27(20(28)16-3-1-2-4-17(16)24)21-26-18-10-9-15(23)11-19(18)29-21/h1-12H/b25-12+. The molecule has 0 N–H and O–H groups in total. The number of halogens is 3. The molecule has 1 heterocycles. The van der Waals surface area contributed by atoms with Crippen molar-refractivity contribution in [1.82, 2.24) is 4.98 Å². The van der Waals surface area contributed by atoms with Crippen LogP contribution in [0.1, 0.15) is 15.9 Å². The minimum atomic E-state index is -0.377. The molecular weight excluding hydrogens is 507 g/mol. The first kappa shape index (κ1) is 19.6. The number of benzene rings is 3. The van der Waals surface area contributed by atoms with E-state index < -0.39 is 0 Å². The molecule has 144 valence electrons. The molecule has 0 aliphatic rings. The molecule has 0 unspecified atom stereocenters. The zero-order chi connectivity index (χ0) is 20.4. The SMILES string of the molecule is O=C(c1ccccc1I)N(/N=C/c1ccc(F)cc1)c1nc2ccc(F)cc2s1. The van der Waals surface area contributed by atoms with Crippen molar-refractivity contribution in [2.45, 2.75) is 0 Å². The molecule has 0 fully saturated rings. The highest BCUT2D eigenvalue weighted by Gasteiger charge is 2.22. The largest absolute Gasteiger partial charge is 0.281 e. The highest BCUT2D eigenvalue weighted by molar-refractivity contribution is 14.1. The van der Waals surface area contributed by atoms with Gasteiger partial charge in [0.05, 0.1) is 22.0 Å². The number of hydrazone groups is 1. The molecule has 0 saturated heterocycles. The summed E-state index contributed by atoms with van der Waals surface area (Å²) in [7, 11) is 0. The van der Waals surface area contributed by atoms with Gasteiger partial charge in [0.25, 0.3) is 5.91 Å². The molecule has 0 radical (unpaired) electrons. The third-order valence-electron chi connectivity index (χ3n) is 4.01. The molecule has 0 saturated carbocycles. The monoisotopic (exact) mass is 519 g/mol. The van der Waals surface area contributed by atoms with Crippen LogP contribution >= 0.6 is 33.9 Å². The van der Waals surface area contributed by atoms with Gasteiger partial charge < -0.3 is 0 Å². The second kappa shape index (κ2) is 8.34. The van der Waals surface area contributed by atoms with E-state index in [2.05, 4.69) is 32.7 Å². The lowest BCUT2D eigenvalue weighted by atomic mass is 10.2. The molecule has 0 aliphatic carbocycles. The highest BCUT2D eigenvalue weighted by atomic mass is 127. The first-order valence-electron chi connectivity index (χ1n) is 8.46. The summed E-state index contributed by atoms with van der Waals surface area (Å²) in [6, 6.07) is 17.1. The number of anilines is 1. The predicted octanol–water partition coefficient (Wildman–Crippen LogP) is 5.86. The van der Waals surface area contributed by atoms with Gasteiger partial charge in [0.15, 0.2) is 0 Å². The molecule has 8 heteroatoms. The van der Waals surface area contributed by atoms with Crippen LogP contribution in [0, 0.1) is 15.2 Å². The molecule has 4 aromatic rings. The van der Waals surface area contributed by atoms with Crippen molar-refractivity contribution in [3.05, 3.63) is 93.1 Å². The average Bonchev–Trinajstić information content (AvgIpc) is 3.12. The summed E-state index contributed by atoms with van der Waals surface area (Å²) in [6.07, 6.45) is 1.46. The summed E-state index contributed by atoms with van der Waals surface area (Å²) < 4.78 is 28.1. The smallest absolute Gasteiger partial charge is 0.267 e. The normalized spacial score (nSPS) is 11.3. The van der Waals surface area contributed by atoms with Crippen molar-refractivity contribution >= 4 is 61.4 Å². The first-order valence-corrected chi connectivity index (χ1v) is 10.4. The number of carbonyl (C=O) groups excluding carboxylic acids is 1. The third kappa shape index (κ3) is 4.33. The molecule has 4 nitrogen and oxygen atoms in total. The van der Waals surface area contributed by atoms with Crippen molar-refractivity contribution in [2.75, 3.05) is 5.01 Å². The summed E-state index contributed by atoms with van der Waals surface area (Å²) in [5, 5.41) is 5.81. The minimum absolute atomic E-state index is 0.314. The third-order valence-corrected chi connectivity index (χ3v) is 5.94. The van der Waals surface area contributed by atoms with Gasteiger partial charge in [-0.05, 0) is 70.6 Å². The Kier molecular flexibility index (Phi) is 5.63. The van der Waals surface area contributed by atoms with Crippen molar-refractivity contribution < 1.29 is 13.6 Å². The number of fused-ring (bicyclic) bond motifs is 1. The van der Waals surface area contributed by atoms with Gasteiger partial charge in [-0.1, -0.05) is 35.6 Å². The predicted molar refractivity (Wildman–Crippen MR) is 120 cm³/mol. The Morgan fingerprint density at radius 2 is 1.76 bits per heavy atom. The Hall–Kier alpha value is -2.72. The number of rotatable bonds is 4.